The predicted molar refractivity (Wildman–Crippen MR) is 99.0 cm³/mol. The molecule has 1 fully saturated rings. The maximum absolute atomic E-state index is 9.88. The number of benzene rings is 2. The summed E-state index contributed by atoms with van der Waals surface area (Å²) in [5.41, 5.74) is 3.55. The second-order valence-electron chi connectivity index (χ2n) is 6.48. The van der Waals surface area contributed by atoms with Crippen molar-refractivity contribution in [3.8, 4) is 0 Å². The van der Waals surface area contributed by atoms with Gasteiger partial charge in [0.1, 0.15) is 12.7 Å². The molecule has 2 N–H and O–H groups in total. The lowest BCUT2D eigenvalue weighted by Crippen LogP contribution is -2.31. The smallest absolute Gasteiger partial charge is 0.144 e. The Morgan fingerprint density at radius 1 is 1.17 bits per heavy atom. The third-order valence-corrected chi connectivity index (χ3v) is 4.62. The number of oxime groups is 1. The summed E-state index contributed by atoms with van der Waals surface area (Å²) in [4.78, 5) is 5.40. The molecule has 1 unspecified atom stereocenters. The molecule has 128 valence electrons. The van der Waals surface area contributed by atoms with Crippen molar-refractivity contribution in [2.45, 2.75) is 37.8 Å². The summed E-state index contributed by atoms with van der Waals surface area (Å²) >= 11 is 0. The van der Waals surface area contributed by atoms with Crippen LogP contribution < -0.4 is 5.32 Å². The van der Waals surface area contributed by atoms with E-state index in [4.69, 9.17) is 4.84 Å². The van der Waals surface area contributed by atoms with Crippen LogP contribution in [0.15, 0.2) is 41.6 Å². The van der Waals surface area contributed by atoms with Crippen molar-refractivity contribution in [2.24, 2.45) is 5.16 Å². The average Bonchev–Trinajstić information content (AvgIpc) is 3.32. The lowest BCUT2D eigenvalue weighted by molar-refractivity contribution is 0.0401. The molecule has 24 heavy (non-hydrogen) atoms. The number of aliphatic hydroxyl groups is 1. The first-order valence-corrected chi connectivity index (χ1v) is 8.42. The molecule has 0 bridgehead atoms. The molecule has 0 radical (unpaired) electrons. The first-order chi connectivity index (χ1) is 11.3. The van der Waals surface area contributed by atoms with E-state index in [1.54, 1.807) is 0 Å². The molecule has 0 heterocycles. The van der Waals surface area contributed by atoms with Crippen LogP contribution >= 0.6 is 12.4 Å². The molecule has 0 aliphatic heterocycles. The van der Waals surface area contributed by atoms with E-state index < -0.39 is 6.10 Å². The van der Waals surface area contributed by atoms with Crippen molar-refractivity contribution in [1.82, 2.24) is 5.32 Å². The van der Waals surface area contributed by atoms with E-state index in [1.807, 2.05) is 0 Å². The maximum atomic E-state index is 9.88. The fourth-order valence-electron chi connectivity index (χ4n) is 3.20. The number of hydrogen-bond acceptors (Lipinski definition) is 4. The lowest BCUT2D eigenvalue weighted by atomic mass is 10.0. The van der Waals surface area contributed by atoms with Crippen molar-refractivity contribution in [3.63, 3.8) is 0 Å². The number of nitrogens with zero attached hydrogens (tertiary/aromatic N) is 1. The van der Waals surface area contributed by atoms with Gasteiger partial charge >= 0.3 is 0 Å². The molecule has 5 heteroatoms. The van der Waals surface area contributed by atoms with Crippen LogP contribution in [0.2, 0.25) is 0 Å². The van der Waals surface area contributed by atoms with Gasteiger partial charge in [-0.25, -0.2) is 0 Å². The highest BCUT2D eigenvalue weighted by atomic mass is 35.5. The van der Waals surface area contributed by atoms with Gasteiger partial charge in [-0.05, 0) is 42.0 Å². The number of halogens is 1. The third kappa shape index (κ3) is 3.72. The number of aliphatic hydroxyl groups excluding tert-OH is 1. The molecule has 2 aliphatic carbocycles. The number of hydrogen-bond donors (Lipinski definition) is 2. The standard InChI is InChI=1S/C19H22N2O2.ClH/c22-15(11-20-14-6-7-14)12-23-21-19-10-9-17-16-4-2-1-3-13(16)5-8-18(17)19;/h1-5,8,14-15,20,22H,6-7,9-12H2;1H/b21-19+;. The Morgan fingerprint density at radius 3 is 2.83 bits per heavy atom. The van der Waals surface area contributed by atoms with E-state index in [2.05, 4.69) is 46.9 Å². The Balaban J connectivity index is 0.00000169. The summed E-state index contributed by atoms with van der Waals surface area (Å²) in [5.74, 6) is 0. The van der Waals surface area contributed by atoms with Crippen LogP contribution in [0.3, 0.4) is 0 Å². The summed E-state index contributed by atoms with van der Waals surface area (Å²) < 4.78 is 0. The van der Waals surface area contributed by atoms with E-state index in [0.29, 0.717) is 12.6 Å². The van der Waals surface area contributed by atoms with Gasteiger partial charge in [0.25, 0.3) is 0 Å². The third-order valence-electron chi connectivity index (χ3n) is 4.62. The Kier molecular flexibility index (Phi) is 5.39. The Hall–Kier alpha value is -1.62. The van der Waals surface area contributed by atoms with E-state index in [9.17, 15) is 5.11 Å². The maximum Gasteiger partial charge on any atom is 0.144 e. The average molecular weight is 347 g/mol. The summed E-state index contributed by atoms with van der Waals surface area (Å²) in [6.07, 6.45) is 3.85. The first kappa shape index (κ1) is 17.2. The van der Waals surface area contributed by atoms with Gasteiger partial charge in [-0.15, -0.1) is 12.4 Å². The molecule has 0 amide bonds. The topological polar surface area (TPSA) is 53.8 Å². The zero-order chi connectivity index (χ0) is 15.6. The second-order valence-corrected chi connectivity index (χ2v) is 6.48. The zero-order valence-corrected chi connectivity index (χ0v) is 14.4. The number of aryl methyl sites for hydroxylation is 1. The SMILES string of the molecule is Cl.OC(CNC1CC1)CO/N=C1\CCc2c1ccc1ccccc21. The van der Waals surface area contributed by atoms with Crippen LogP contribution in [-0.4, -0.2) is 36.1 Å². The van der Waals surface area contributed by atoms with Gasteiger partial charge in [-0.1, -0.05) is 41.6 Å². The summed E-state index contributed by atoms with van der Waals surface area (Å²) in [6, 6.07) is 13.3. The molecule has 0 spiro atoms. The van der Waals surface area contributed by atoms with Crippen molar-refractivity contribution in [1.29, 1.82) is 0 Å². The molecule has 2 aromatic carbocycles. The molecule has 1 saturated carbocycles. The Bertz CT molecular complexity index is 743. The Labute approximate surface area is 148 Å². The molecule has 1 atom stereocenters. The molecule has 2 aromatic rings. The van der Waals surface area contributed by atoms with Crippen molar-refractivity contribution in [2.75, 3.05) is 13.2 Å². The minimum absolute atomic E-state index is 0. The van der Waals surface area contributed by atoms with Gasteiger partial charge in [0, 0.05) is 18.2 Å². The highest BCUT2D eigenvalue weighted by Crippen LogP contribution is 2.30. The predicted octanol–water partition coefficient (Wildman–Crippen LogP) is 3.04. The molecular formula is C19H23ClN2O2. The van der Waals surface area contributed by atoms with Crippen LogP contribution in [0.25, 0.3) is 10.8 Å². The molecule has 4 nitrogen and oxygen atoms in total. The summed E-state index contributed by atoms with van der Waals surface area (Å²) in [7, 11) is 0. The summed E-state index contributed by atoms with van der Waals surface area (Å²) in [6.45, 7) is 0.822. The molecule has 4 rings (SSSR count). The second kappa shape index (κ2) is 7.51. The van der Waals surface area contributed by atoms with E-state index in [-0.39, 0.29) is 19.0 Å². The largest absolute Gasteiger partial charge is 0.393 e. The minimum atomic E-state index is -0.502. The number of nitrogens with one attached hydrogen (secondary N) is 1. The van der Waals surface area contributed by atoms with Crippen LogP contribution in [0.4, 0.5) is 0 Å². The van der Waals surface area contributed by atoms with Gasteiger partial charge in [-0.2, -0.15) is 0 Å². The van der Waals surface area contributed by atoms with Crippen molar-refractivity contribution < 1.29 is 9.94 Å². The van der Waals surface area contributed by atoms with Crippen molar-refractivity contribution in [3.05, 3.63) is 47.5 Å². The first-order valence-electron chi connectivity index (χ1n) is 8.42. The van der Waals surface area contributed by atoms with Gasteiger partial charge in [0.15, 0.2) is 0 Å². The van der Waals surface area contributed by atoms with Gasteiger partial charge in [-0.3, -0.25) is 0 Å². The normalized spacial score (nSPS) is 19.1. The van der Waals surface area contributed by atoms with Gasteiger partial charge in [0.05, 0.1) is 5.71 Å². The molecule has 2 aliphatic rings. The van der Waals surface area contributed by atoms with Crippen LogP contribution in [-0.2, 0) is 11.3 Å². The van der Waals surface area contributed by atoms with Crippen LogP contribution in [0.1, 0.15) is 30.4 Å². The van der Waals surface area contributed by atoms with E-state index in [1.165, 1.54) is 34.7 Å². The van der Waals surface area contributed by atoms with Crippen LogP contribution in [0.5, 0.6) is 0 Å². The van der Waals surface area contributed by atoms with Crippen LogP contribution in [0, 0.1) is 0 Å². The Morgan fingerprint density at radius 2 is 2.00 bits per heavy atom. The van der Waals surface area contributed by atoms with Crippen molar-refractivity contribution >= 4 is 28.9 Å². The fraction of sp³-hybridized carbons (Fsp3) is 0.421. The highest BCUT2D eigenvalue weighted by molar-refractivity contribution is 6.08. The quantitative estimate of drug-likeness (QED) is 0.790. The van der Waals surface area contributed by atoms with E-state index >= 15 is 0 Å². The van der Waals surface area contributed by atoms with Gasteiger partial charge < -0.3 is 15.3 Å². The lowest BCUT2D eigenvalue weighted by Gasteiger charge is -2.10. The van der Waals surface area contributed by atoms with Gasteiger partial charge in [0.2, 0.25) is 0 Å². The van der Waals surface area contributed by atoms with E-state index in [0.717, 1.165) is 18.6 Å². The molecular weight excluding hydrogens is 324 g/mol. The fourth-order valence-corrected chi connectivity index (χ4v) is 3.20. The zero-order valence-electron chi connectivity index (χ0n) is 13.6. The number of rotatable bonds is 6. The monoisotopic (exact) mass is 346 g/mol. The summed E-state index contributed by atoms with van der Waals surface area (Å²) in [5, 5.41) is 20.0. The minimum Gasteiger partial charge on any atom is -0.393 e. The molecule has 0 saturated heterocycles. The number of fused-ring (bicyclic) bond motifs is 3. The molecule has 0 aromatic heterocycles. The highest BCUT2D eigenvalue weighted by Gasteiger charge is 2.22.